The molecule has 1 aromatic rings. The van der Waals surface area contributed by atoms with Crippen LogP contribution >= 0.6 is 0 Å². The average Bonchev–Trinajstić information content (AvgIpc) is 2.41. The second-order valence-electron chi connectivity index (χ2n) is 4.54. The molecule has 0 bridgehead atoms. The van der Waals surface area contributed by atoms with Gasteiger partial charge in [-0.25, -0.2) is 4.79 Å². The summed E-state index contributed by atoms with van der Waals surface area (Å²) in [6, 6.07) is 9.83. The van der Waals surface area contributed by atoms with Gasteiger partial charge in [-0.05, 0) is 45.0 Å². The largest absolute Gasteiger partial charge is 0.464 e. The standard InChI is InChI=1S/C14H20N2O2/c1-2-18-13(17)14(8-10-15-11-9-14)16-12-6-4-3-5-7-12/h3-7,15-16H,2,8-11H2,1H3. The minimum absolute atomic E-state index is 0.143. The van der Waals surface area contributed by atoms with Crippen molar-refractivity contribution in [1.82, 2.24) is 5.32 Å². The van der Waals surface area contributed by atoms with Crippen LogP contribution in [0.5, 0.6) is 0 Å². The maximum absolute atomic E-state index is 12.2. The highest BCUT2D eigenvalue weighted by Gasteiger charge is 2.40. The number of hydrogen-bond donors (Lipinski definition) is 2. The summed E-state index contributed by atoms with van der Waals surface area (Å²) >= 11 is 0. The minimum atomic E-state index is -0.581. The van der Waals surface area contributed by atoms with E-state index < -0.39 is 5.54 Å². The molecule has 0 aromatic heterocycles. The van der Waals surface area contributed by atoms with Gasteiger partial charge in [-0.2, -0.15) is 0 Å². The Labute approximate surface area is 108 Å². The smallest absolute Gasteiger partial charge is 0.331 e. The van der Waals surface area contributed by atoms with E-state index in [0.29, 0.717) is 6.61 Å². The highest BCUT2D eigenvalue weighted by Crippen LogP contribution is 2.25. The molecule has 4 nitrogen and oxygen atoms in total. The number of benzene rings is 1. The average molecular weight is 248 g/mol. The van der Waals surface area contributed by atoms with E-state index in [1.165, 1.54) is 0 Å². The molecule has 18 heavy (non-hydrogen) atoms. The lowest BCUT2D eigenvalue weighted by Gasteiger charge is -2.36. The predicted molar refractivity (Wildman–Crippen MR) is 71.5 cm³/mol. The molecular formula is C14H20N2O2. The van der Waals surface area contributed by atoms with Crippen molar-refractivity contribution < 1.29 is 9.53 Å². The van der Waals surface area contributed by atoms with Gasteiger partial charge in [-0.3, -0.25) is 0 Å². The lowest BCUT2D eigenvalue weighted by molar-refractivity contribution is -0.149. The van der Waals surface area contributed by atoms with E-state index in [9.17, 15) is 4.79 Å². The zero-order chi connectivity index (χ0) is 12.8. The van der Waals surface area contributed by atoms with Crippen LogP contribution in [0.25, 0.3) is 0 Å². The van der Waals surface area contributed by atoms with Crippen molar-refractivity contribution in [3.8, 4) is 0 Å². The van der Waals surface area contributed by atoms with Crippen molar-refractivity contribution in [1.29, 1.82) is 0 Å². The molecule has 2 N–H and O–H groups in total. The fourth-order valence-corrected chi connectivity index (χ4v) is 2.30. The summed E-state index contributed by atoms with van der Waals surface area (Å²) < 4.78 is 5.23. The Morgan fingerprint density at radius 1 is 1.33 bits per heavy atom. The quantitative estimate of drug-likeness (QED) is 0.798. The Morgan fingerprint density at radius 2 is 2.00 bits per heavy atom. The van der Waals surface area contributed by atoms with Gasteiger partial charge in [0.05, 0.1) is 6.61 Å². The lowest BCUT2D eigenvalue weighted by Crippen LogP contribution is -2.54. The van der Waals surface area contributed by atoms with Gasteiger partial charge in [0.15, 0.2) is 0 Å². The summed E-state index contributed by atoms with van der Waals surface area (Å²) in [7, 11) is 0. The van der Waals surface area contributed by atoms with Gasteiger partial charge in [0.2, 0.25) is 0 Å². The van der Waals surface area contributed by atoms with Gasteiger partial charge in [0.25, 0.3) is 0 Å². The van der Waals surface area contributed by atoms with Crippen LogP contribution in [-0.4, -0.2) is 31.2 Å². The number of para-hydroxylation sites is 1. The first-order valence-electron chi connectivity index (χ1n) is 6.48. The number of rotatable bonds is 4. The fourth-order valence-electron chi connectivity index (χ4n) is 2.30. The van der Waals surface area contributed by atoms with Crippen molar-refractivity contribution in [2.24, 2.45) is 0 Å². The van der Waals surface area contributed by atoms with E-state index >= 15 is 0 Å². The third-order valence-electron chi connectivity index (χ3n) is 3.28. The molecule has 1 aliphatic rings. The summed E-state index contributed by atoms with van der Waals surface area (Å²) in [6.45, 7) is 3.93. The van der Waals surface area contributed by atoms with E-state index in [4.69, 9.17) is 4.74 Å². The Morgan fingerprint density at radius 3 is 2.61 bits per heavy atom. The third kappa shape index (κ3) is 2.82. The Balaban J connectivity index is 2.16. The molecule has 4 heteroatoms. The van der Waals surface area contributed by atoms with Gasteiger partial charge in [-0.1, -0.05) is 18.2 Å². The van der Waals surface area contributed by atoms with Gasteiger partial charge in [-0.15, -0.1) is 0 Å². The van der Waals surface area contributed by atoms with Crippen LogP contribution in [0.2, 0.25) is 0 Å². The number of carbonyl (C=O) groups excluding carboxylic acids is 1. The Hall–Kier alpha value is -1.55. The Kier molecular flexibility index (Phi) is 4.20. The van der Waals surface area contributed by atoms with Gasteiger partial charge in [0, 0.05) is 5.69 Å². The molecule has 0 radical (unpaired) electrons. The molecule has 2 rings (SSSR count). The fraction of sp³-hybridized carbons (Fsp3) is 0.500. The van der Waals surface area contributed by atoms with Crippen LogP contribution in [0.15, 0.2) is 30.3 Å². The molecule has 1 saturated heterocycles. The molecule has 0 atom stereocenters. The number of anilines is 1. The molecule has 98 valence electrons. The second kappa shape index (κ2) is 5.87. The van der Waals surface area contributed by atoms with E-state index in [2.05, 4.69) is 10.6 Å². The summed E-state index contributed by atoms with van der Waals surface area (Å²) in [5.41, 5.74) is 0.384. The molecule has 1 aliphatic heterocycles. The molecule has 1 aromatic carbocycles. The summed E-state index contributed by atoms with van der Waals surface area (Å²) in [6.07, 6.45) is 1.50. The highest BCUT2D eigenvalue weighted by molar-refractivity contribution is 5.84. The number of esters is 1. The zero-order valence-electron chi connectivity index (χ0n) is 10.7. The van der Waals surface area contributed by atoms with Crippen molar-refractivity contribution in [3.63, 3.8) is 0 Å². The predicted octanol–water partition coefficient (Wildman–Crippen LogP) is 1.78. The topological polar surface area (TPSA) is 50.4 Å². The second-order valence-corrected chi connectivity index (χ2v) is 4.54. The third-order valence-corrected chi connectivity index (χ3v) is 3.28. The number of piperidine rings is 1. The van der Waals surface area contributed by atoms with Crippen LogP contribution < -0.4 is 10.6 Å². The van der Waals surface area contributed by atoms with Crippen molar-refractivity contribution >= 4 is 11.7 Å². The molecule has 1 fully saturated rings. The number of carbonyl (C=O) groups is 1. The zero-order valence-corrected chi connectivity index (χ0v) is 10.7. The molecule has 0 saturated carbocycles. The monoisotopic (exact) mass is 248 g/mol. The van der Waals surface area contributed by atoms with Crippen LogP contribution in [0.3, 0.4) is 0 Å². The van der Waals surface area contributed by atoms with Crippen LogP contribution in [0.4, 0.5) is 5.69 Å². The maximum atomic E-state index is 12.2. The number of nitrogens with one attached hydrogen (secondary N) is 2. The van der Waals surface area contributed by atoms with Gasteiger partial charge in [0.1, 0.15) is 5.54 Å². The molecule has 0 spiro atoms. The molecule has 0 amide bonds. The normalized spacial score (nSPS) is 18.1. The summed E-state index contributed by atoms with van der Waals surface area (Å²) in [5, 5.41) is 6.64. The van der Waals surface area contributed by atoms with Crippen LogP contribution in [0.1, 0.15) is 19.8 Å². The van der Waals surface area contributed by atoms with E-state index in [-0.39, 0.29) is 5.97 Å². The highest BCUT2D eigenvalue weighted by atomic mass is 16.5. The van der Waals surface area contributed by atoms with E-state index in [1.807, 2.05) is 37.3 Å². The first kappa shape index (κ1) is 12.9. The molecular weight excluding hydrogens is 228 g/mol. The molecule has 1 heterocycles. The van der Waals surface area contributed by atoms with Crippen molar-refractivity contribution in [2.45, 2.75) is 25.3 Å². The van der Waals surface area contributed by atoms with Gasteiger partial charge >= 0.3 is 5.97 Å². The maximum Gasteiger partial charge on any atom is 0.331 e. The Bertz CT molecular complexity index is 386. The SMILES string of the molecule is CCOC(=O)C1(Nc2ccccc2)CCNCC1. The summed E-state index contributed by atoms with van der Waals surface area (Å²) in [5.74, 6) is -0.143. The molecule has 0 aliphatic carbocycles. The van der Waals surface area contributed by atoms with Crippen molar-refractivity contribution in [2.75, 3.05) is 25.0 Å². The van der Waals surface area contributed by atoms with Crippen molar-refractivity contribution in [3.05, 3.63) is 30.3 Å². The first-order chi connectivity index (χ1) is 8.77. The molecule has 0 unspecified atom stereocenters. The van der Waals surface area contributed by atoms with Crippen LogP contribution in [-0.2, 0) is 9.53 Å². The number of hydrogen-bond acceptors (Lipinski definition) is 4. The first-order valence-corrected chi connectivity index (χ1v) is 6.48. The summed E-state index contributed by atoms with van der Waals surface area (Å²) in [4.78, 5) is 12.2. The van der Waals surface area contributed by atoms with E-state index in [1.54, 1.807) is 0 Å². The minimum Gasteiger partial charge on any atom is -0.464 e. The number of ether oxygens (including phenoxy) is 1. The van der Waals surface area contributed by atoms with E-state index in [0.717, 1.165) is 31.6 Å². The lowest BCUT2D eigenvalue weighted by atomic mass is 9.88. The van der Waals surface area contributed by atoms with Crippen LogP contribution in [0, 0.1) is 0 Å². The van der Waals surface area contributed by atoms with Gasteiger partial charge < -0.3 is 15.4 Å².